The van der Waals surface area contributed by atoms with Crippen LogP contribution in [0.4, 0.5) is 0 Å². The van der Waals surface area contributed by atoms with Crippen molar-refractivity contribution in [2.45, 2.75) is 20.0 Å². The number of carbonyl (C=O) groups excluding carboxylic acids is 2. The molecule has 1 aromatic carbocycles. The number of benzene rings is 1. The van der Waals surface area contributed by atoms with E-state index in [1.165, 1.54) is 28.3 Å². The summed E-state index contributed by atoms with van der Waals surface area (Å²) >= 11 is 0. The fourth-order valence-electron chi connectivity index (χ4n) is 2.65. The largest absolute Gasteiger partial charge is 0.468 e. The summed E-state index contributed by atoms with van der Waals surface area (Å²) in [5.41, 5.74) is 0.975. The molecule has 146 valence electrons. The number of ether oxygens (including phenoxy) is 2. The van der Waals surface area contributed by atoms with E-state index in [4.69, 9.17) is 18.5 Å². The van der Waals surface area contributed by atoms with E-state index in [-0.39, 0.29) is 25.0 Å². The van der Waals surface area contributed by atoms with Gasteiger partial charge in [-0.25, -0.2) is 0 Å². The van der Waals surface area contributed by atoms with E-state index in [1.54, 1.807) is 0 Å². The van der Waals surface area contributed by atoms with Crippen molar-refractivity contribution in [3.8, 4) is 0 Å². The quantitative estimate of drug-likeness (QED) is 0.310. The van der Waals surface area contributed by atoms with Gasteiger partial charge in [-0.1, -0.05) is 30.3 Å². The zero-order valence-corrected chi connectivity index (χ0v) is 16.6. The number of Topliss-reactive ketones (excluding diaryl/α,β-unsaturated/α-hetero) is 1. The number of rotatable bonds is 12. The first-order valence-corrected chi connectivity index (χ1v) is 10.00. The maximum Gasteiger partial charge on any atom is 0.330 e. The van der Waals surface area contributed by atoms with Gasteiger partial charge in [0.1, 0.15) is 11.7 Å². The van der Waals surface area contributed by atoms with Crippen molar-refractivity contribution in [2.24, 2.45) is 11.8 Å². The second kappa shape index (κ2) is 11.2. The van der Waals surface area contributed by atoms with Gasteiger partial charge in [0.05, 0.1) is 26.5 Å². The lowest BCUT2D eigenvalue weighted by atomic mass is 9.87. The molecule has 8 heteroatoms. The summed E-state index contributed by atoms with van der Waals surface area (Å²) in [6.07, 6.45) is 0.327. The molecule has 0 aliphatic carbocycles. The van der Waals surface area contributed by atoms with Gasteiger partial charge in [-0.15, -0.1) is 0 Å². The molecule has 0 N–H and O–H groups in total. The molecule has 0 aromatic heterocycles. The normalized spacial score (nSPS) is 13.8. The number of carbonyl (C=O) groups is 2. The average molecular weight is 386 g/mol. The van der Waals surface area contributed by atoms with Crippen molar-refractivity contribution in [2.75, 3.05) is 34.1 Å². The van der Waals surface area contributed by atoms with E-state index in [0.717, 1.165) is 5.56 Å². The van der Waals surface area contributed by atoms with Crippen molar-refractivity contribution in [1.82, 2.24) is 0 Å². The first-order valence-electron chi connectivity index (χ1n) is 8.27. The van der Waals surface area contributed by atoms with Gasteiger partial charge < -0.3 is 18.5 Å². The molecule has 0 radical (unpaired) electrons. The zero-order valence-electron chi connectivity index (χ0n) is 15.7. The lowest BCUT2D eigenvalue weighted by Gasteiger charge is -2.24. The Balaban J connectivity index is 2.83. The maximum atomic E-state index is 12.3. The van der Waals surface area contributed by atoms with Crippen LogP contribution in [0.3, 0.4) is 0 Å². The van der Waals surface area contributed by atoms with Crippen LogP contribution in [0.5, 0.6) is 0 Å². The van der Waals surface area contributed by atoms with Gasteiger partial charge in [-0.2, -0.15) is 0 Å². The Bertz CT molecular complexity index is 609. The minimum absolute atomic E-state index is 0.0696. The summed E-state index contributed by atoms with van der Waals surface area (Å²) in [7, 11) is 0.578. The van der Waals surface area contributed by atoms with Crippen LogP contribution in [0.25, 0.3) is 0 Å². The van der Waals surface area contributed by atoms with Crippen LogP contribution < -0.4 is 0 Å². The highest BCUT2D eigenvalue weighted by Gasteiger charge is 2.35. The monoisotopic (exact) mass is 386 g/mol. The lowest BCUT2D eigenvalue weighted by Crippen LogP contribution is -2.34. The Kier molecular flexibility index (Phi) is 9.73. The topological polar surface area (TPSA) is 88.1 Å². The van der Waals surface area contributed by atoms with Crippen molar-refractivity contribution < 1.29 is 32.7 Å². The summed E-state index contributed by atoms with van der Waals surface area (Å²) in [4.78, 5) is 24.1. The van der Waals surface area contributed by atoms with Crippen molar-refractivity contribution in [3.05, 3.63) is 35.9 Å². The molecule has 2 unspecified atom stereocenters. The molecule has 26 heavy (non-hydrogen) atoms. The maximum absolute atomic E-state index is 12.3. The molecule has 0 aliphatic heterocycles. The highest BCUT2D eigenvalue weighted by molar-refractivity contribution is 7.53. The molecule has 1 aromatic rings. The van der Waals surface area contributed by atoms with Crippen LogP contribution >= 0.6 is 7.60 Å². The third kappa shape index (κ3) is 7.00. The zero-order chi connectivity index (χ0) is 19.6. The Morgan fingerprint density at radius 2 is 1.69 bits per heavy atom. The van der Waals surface area contributed by atoms with Gasteiger partial charge in [-0.3, -0.25) is 14.2 Å². The third-order valence-corrected chi connectivity index (χ3v) is 6.06. The second-order valence-corrected chi connectivity index (χ2v) is 8.26. The summed E-state index contributed by atoms with van der Waals surface area (Å²) in [6.45, 7) is 1.81. The van der Waals surface area contributed by atoms with Gasteiger partial charge in [0.2, 0.25) is 0 Å². The van der Waals surface area contributed by atoms with Crippen LogP contribution in [0.2, 0.25) is 0 Å². The van der Waals surface area contributed by atoms with Crippen molar-refractivity contribution in [1.29, 1.82) is 0 Å². The molecule has 2 atom stereocenters. The first-order chi connectivity index (χ1) is 12.4. The molecule has 7 nitrogen and oxygen atoms in total. The molecular weight excluding hydrogens is 359 g/mol. The Labute approximate surface area is 154 Å². The minimum atomic E-state index is -3.25. The van der Waals surface area contributed by atoms with Crippen LogP contribution in [-0.2, 0) is 39.3 Å². The molecule has 0 saturated heterocycles. The van der Waals surface area contributed by atoms with Gasteiger partial charge >= 0.3 is 13.6 Å². The summed E-state index contributed by atoms with van der Waals surface area (Å²) in [5, 5.41) is 0. The molecule has 0 saturated carbocycles. The van der Waals surface area contributed by atoms with Crippen LogP contribution in [0.1, 0.15) is 18.9 Å². The number of hydrogen-bond acceptors (Lipinski definition) is 7. The second-order valence-electron chi connectivity index (χ2n) is 5.86. The van der Waals surface area contributed by atoms with Crippen LogP contribution in [-0.4, -0.2) is 45.9 Å². The number of esters is 1. The molecule has 0 aliphatic rings. The first kappa shape index (κ1) is 22.5. The highest BCUT2D eigenvalue weighted by atomic mass is 31.2. The smallest absolute Gasteiger partial charge is 0.330 e. The molecule has 0 bridgehead atoms. The number of hydrogen-bond donors (Lipinski definition) is 0. The Morgan fingerprint density at radius 1 is 1.08 bits per heavy atom. The van der Waals surface area contributed by atoms with Crippen molar-refractivity contribution in [3.63, 3.8) is 0 Å². The van der Waals surface area contributed by atoms with E-state index in [1.807, 2.05) is 30.3 Å². The summed E-state index contributed by atoms with van der Waals surface area (Å²) in [5.74, 6) is -2.44. The summed E-state index contributed by atoms with van der Waals surface area (Å²) < 4.78 is 32.6. The fourth-order valence-corrected chi connectivity index (χ4v) is 3.81. The van der Waals surface area contributed by atoms with Crippen LogP contribution in [0.15, 0.2) is 30.3 Å². The van der Waals surface area contributed by atoms with Crippen molar-refractivity contribution >= 4 is 19.3 Å². The lowest BCUT2D eigenvalue weighted by molar-refractivity contribution is -0.152. The average Bonchev–Trinajstić information content (AvgIpc) is 2.65. The Morgan fingerprint density at radius 3 is 2.19 bits per heavy atom. The number of ketones is 1. The summed E-state index contributed by atoms with van der Waals surface area (Å²) in [6, 6.07) is 9.54. The molecule has 0 spiro atoms. The predicted octanol–water partition coefficient (Wildman–Crippen LogP) is 3.07. The van der Waals surface area contributed by atoms with Gasteiger partial charge in [-0.05, 0) is 18.9 Å². The van der Waals surface area contributed by atoms with E-state index in [2.05, 4.69) is 0 Å². The highest BCUT2D eigenvalue weighted by Crippen LogP contribution is 2.47. The van der Waals surface area contributed by atoms with Gasteiger partial charge in [0.15, 0.2) is 0 Å². The van der Waals surface area contributed by atoms with E-state index in [0.29, 0.717) is 6.61 Å². The van der Waals surface area contributed by atoms with Crippen LogP contribution in [0, 0.1) is 11.8 Å². The SMILES string of the molecule is COC(=O)C(C(C)=O)C(CCP(=O)(OC)OC)COCc1ccccc1. The van der Waals surface area contributed by atoms with E-state index < -0.39 is 25.4 Å². The molecule has 1 rings (SSSR count). The van der Waals surface area contributed by atoms with Gasteiger partial charge in [0.25, 0.3) is 0 Å². The standard InChI is InChI=1S/C18H27O7P/c1-14(19)17(18(20)22-2)16(10-11-26(21,23-3)24-4)13-25-12-15-8-6-5-7-9-15/h5-9,16-17H,10-13H2,1-4H3. The molecule has 0 amide bonds. The minimum Gasteiger partial charge on any atom is -0.468 e. The number of methoxy groups -OCH3 is 1. The molecule has 0 fully saturated rings. The molecular formula is C18H27O7P. The fraction of sp³-hybridized carbons (Fsp3) is 0.556. The Hall–Kier alpha value is -1.53. The predicted molar refractivity (Wildman–Crippen MR) is 96.9 cm³/mol. The van der Waals surface area contributed by atoms with E-state index in [9.17, 15) is 14.2 Å². The van der Waals surface area contributed by atoms with Gasteiger partial charge in [0, 0.05) is 20.1 Å². The third-order valence-electron chi connectivity index (χ3n) is 4.14. The molecule has 0 heterocycles. The van der Waals surface area contributed by atoms with E-state index >= 15 is 0 Å².